The molecule has 1 fully saturated rings. The van der Waals surface area contributed by atoms with Gasteiger partial charge in [-0.1, -0.05) is 12.1 Å². The van der Waals surface area contributed by atoms with Crippen molar-refractivity contribution in [3.05, 3.63) is 24.3 Å². The first-order valence-corrected chi connectivity index (χ1v) is 8.26. The van der Waals surface area contributed by atoms with Crippen LogP contribution in [-0.2, 0) is 4.74 Å². The van der Waals surface area contributed by atoms with Gasteiger partial charge in [0.15, 0.2) is 0 Å². The SMILES string of the molecule is CCOCCOc1ccccc1NC(=O)N1C[C@@H](CO)[C@H](CO)C1. The maximum Gasteiger partial charge on any atom is 0.321 e. The van der Waals surface area contributed by atoms with Gasteiger partial charge in [-0.3, -0.25) is 0 Å². The van der Waals surface area contributed by atoms with Gasteiger partial charge in [0.1, 0.15) is 12.4 Å². The molecule has 7 heteroatoms. The predicted molar refractivity (Wildman–Crippen MR) is 90.2 cm³/mol. The lowest BCUT2D eigenvalue weighted by Crippen LogP contribution is -2.33. The molecule has 1 aliphatic rings. The van der Waals surface area contributed by atoms with E-state index in [1.54, 1.807) is 17.0 Å². The number of anilines is 1. The maximum atomic E-state index is 12.4. The van der Waals surface area contributed by atoms with E-state index in [4.69, 9.17) is 9.47 Å². The lowest BCUT2D eigenvalue weighted by Gasteiger charge is -2.19. The smallest absolute Gasteiger partial charge is 0.321 e. The van der Waals surface area contributed by atoms with Crippen LogP contribution in [0.2, 0.25) is 0 Å². The Morgan fingerprint density at radius 3 is 2.50 bits per heavy atom. The van der Waals surface area contributed by atoms with Crippen LogP contribution in [0.5, 0.6) is 5.75 Å². The molecule has 0 saturated carbocycles. The summed E-state index contributed by atoms with van der Waals surface area (Å²) in [6.07, 6.45) is 0. The number of likely N-dealkylation sites (tertiary alicyclic amines) is 1. The van der Waals surface area contributed by atoms with Crippen molar-refractivity contribution in [1.29, 1.82) is 0 Å². The average Bonchev–Trinajstić information content (AvgIpc) is 3.03. The number of hydrogen-bond donors (Lipinski definition) is 3. The third-order valence-electron chi connectivity index (χ3n) is 4.15. The van der Waals surface area contributed by atoms with Crippen LogP contribution in [0.4, 0.5) is 10.5 Å². The normalized spacial score (nSPS) is 20.2. The minimum atomic E-state index is -0.259. The van der Waals surface area contributed by atoms with Crippen molar-refractivity contribution >= 4 is 11.7 Å². The van der Waals surface area contributed by atoms with E-state index >= 15 is 0 Å². The number of aliphatic hydroxyl groups is 2. The molecule has 1 heterocycles. The first-order valence-electron chi connectivity index (χ1n) is 8.26. The second-order valence-corrected chi connectivity index (χ2v) is 5.76. The molecule has 1 saturated heterocycles. The minimum absolute atomic E-state index is 0.0356. The van der Waals surface area contributed by atoms with Crippen LogP contribution in [0.15, 0.2) is 24.3 Å². The van der Waals surface area contributed by atoms with Crippen molar-refractivity contribution in [2.75, 3.05) is 51.4 Å². The quantitative estimate of drug-likeness (QED) is 0.619. The molecule has 1 aliphatic heterocycles. The van der Waals surface area contributed by atoms with Gasteiger partial charge >= 0.3 is 6.03 Å². The number of carbonyl (C=O) groups excluding carboxylic acids is 1. The summed E-state index contributed by atoms with van der Waals surface area (Å²) in [5, 5.41) is 21.5. The molecule has 1 aromatic rings. The molecule has 3 N–H and O–H groups in total. The lowest BCUT2D eigenvalue weighted by molar-refractivity contribution is 0.110. The van der Waals surface area contributed by atoms with Crippen LogP contribution in [0.25, 0.3) is 0 Å². The van der Waals surface area contributed by atoms with E-state index in [2.05, 4.69) is 5.32 Å². The van der Waals surface area contributed by atoms with Gasteiger partial charge in [0.2, 0.25) is 0 Å². The van der Waals surface area contributed by atoms with Gasteiger partial charge in [-0.25, -0.2) is 4.79 Å². The monoisotopic (exact) mass is 338 g/mol. The van der Waals surface area contributed by atoms with Gasteiger partial charge in [0, 0.05) is 44.7 Å². The Hall–Kier alpha value is -1.83. The number of aliphatic hydroxyl groups excluding tert-OH is 2. The Bertz CT molecular complexity index is 513. The predicted octanol–water partition coefficient (Wildman–Crippen LogP) is 1.17. The van der Waals surface area contributed by atoms with E-state index in [0.717, 1.165) is 0 Å². The van der Waals surface area contributed by atoms with Gasteiger partial charge in [0.25, 0.3) is 0 Å². The van der Waals surface area contributed by atoms with E-state index in [0.29, 0.717) is 44.3 Å². The molecular weight excluding hydrogens is 312 g/mol. The standard InChI is InChI=1S/C17H26N2O5/c1-2-23-7-8-24-16-6-4-3-5-15(16)18-17(22)19-9-13(11-20)14(10-19)12-21/h3-6,13-14,20-21H,2,7-12H2,1H3,(H,18,22)/t13-,14-/m0/s1. The highest BCUT2D eigenvalue weighted by molar-refractivity contribution is 5.91. The Labute approximate surface area is 142 Å². The van der Waals surface area contributed by atoms with Crippen LogP contribution in [-0.4, -0.2) is 67.3 Å². The van der Waals surface area contributed by atoms with E-state index in [1.165, 1.54) is 0 Å². The summed E-state index contributed by atoms with van der Waals surface area (Å²) in [6.45, 7) is 4.24. The zero-order chi connectivity index (χ0) is 17.4. The zero-order valence-electron chi connectivity index (χ0n) is 14.0. The lowest BCUT2D eigenvalue weighted by atomic mass is 9.98. The number of rotatable bonds is 8. The number of ether oxygens (including phenoxy) is 2. The van der Waals surface area contributed by atoms with Crippen molar-refractivity contribution < 1.29 is 24.5 Å². The molecule has 0 unspecified atom stereocenters. The topological polar surface area (TPSA) is 91.3 Å². The molecule has 134 valence electrons. The number of nitrogens with one attached hydrogen (secondary N) is 1. The number of urea groups is 1. The summed E-state index contributed by atoms with van der Waals surface area (Å²) in [6, 6.07) is 6.97. The molecule has 2 atom stereocenters. The number of para-hydroxylation sites is 2. The van der Waals surface area contributed by atoms with E-state index in [-0.39, 0.29) is 31.1 Å². The molecule has 0 bridgehead atoms. The summed E-state index contributed by atoms with van der Waals surface area (Å²) in [5.74, 6) is 0.416. The van der Waals surface area contributed by atoms with Crippen LogP contribution < -0.4 is 10.1 Å². The Kier molecular flexibility index (Phi) is 7.30. The molecule has 7 nitrogen and oxygen atoms in total. The largest absolute Gasteiger partial charge is 0.489 e. The number of carbonyl (C=O) groups is 1. The molecular formula is C17H26N2O5. The number of benzene rings is 1. The second-order valence-electron chi connectivity index (χ2n) is 5.76. The summed E-state index contributed by atoms with van der Waals surface area (Å²) < 4.78 is 10.9. The number of nitrogens with zero attached hydrogens (tertiary/aromatic N) is 1. The fourth-order valence-electron chi connectivity index (χ4n) is 2.76. The Balaban J connectivity index is 1.94. The van der Waals surface area contributed by atoms with E-state index in [9.17, 15) is 15.0 Å². The first-order chi connectivity index (χ1) is 11.7. The third kappa shape index (κ3) is 4.83. The molecule has 2 amide bonds. The molecule has 24 heavy (non-hydrogen) atoms. The molecule has 0 radical (unpaired) electrons. The molecule has 2 rings (SSSR count). The summed E-state index contributed by atoms with van der Waals surface area (Å²) >= 11 is 0. The highest BCUT2D eigenvalue weighted by atomic mass is 16.5. The van der Waals surface area contributed by atoms with Crippen LogP contribution in [0.1, 0.15) is 6.92 Å². The minimum Gasteiger partial charge on any atom is -0.489 e. The second kappa shape index (κ2) is 9.46. The molecule has 1 aromatic carbocycles. The van der Waals surface area contributed by atoms with Gasteiger partial charge < -0.3 is 29.9 Å². The van der Waals surface area contributed by atoms with E-state index < -0.39 is 0 Å². The van der Waals surface area contributed by atoms with Crippen molar-refractivity contribution in [2.24, 2.45) is 11.8 Å². The average molecular weight is 338 g/mol. The summed E-state index contributed by atoms with van der Waals surface area (Å²) in [7, 11) is 0. The zero-order valence-corrected chi connectivity index (χ0v) is 14.0. The summed E-state index contributed by atoms with van der Waals surface area (Å²) in [5.41, 5.74) is 0.590. The maximum absolute atomic E-state index is 12.4. The molecule has 0 aliphatic carbocycles. The third-order valence-corrected chi connectivity index (χ3v) is 4.15. The fraction of sp³-hybridized carbons (Fsp3) is 0.588. The van der Waals surface area contributed by atoms with Crippen LogP contribution in [0, 0.1) is 11.8 Å². The van der Waals surface area contributed by atoms with Gasteiger partial charge in [-0.05, 0) is 19.1 Å². The Morgan fingerprint density at radius 1 is 1.21 bits per heavy atom. The van der Waals surface area contributed by atoms with Crippen LogP contribution >= 0.6 is 0 Å². The van der Waals surface area contributed by atoms with Gasteiger partial charge in [-0.2, -0.15) is 0 Å². The number of hydrogen-bond acceptors (Lipinski definition) is 5. The van der Waals surface area contributed by atoms with Gasteiger partial charge in [0.05, 0.1) is 12.3 Å². The highest BCUT2D eigenvalue weighted by Crippen LogP contribution is 2.27. The fourth-order valence-corrected chi connectivity index (χ4v) is 2.76. The van der Waals surface area contributed by atoms with Crippen molar-refractivity contribution in [3.8, 4) is 5.75 Å². The Morgan fingerprint density at radius 2 is 1.88 bits per heavy atom. The van der Waals surface area contributed by atoms with Crippen LogP contribution in [0.3, 0.4) is 0 Å². The van der Waals surface area contributed by atoms with Gasteiger partial charge in [-0.15, -0.1) is 0 Å². The first kappa shape index (κ1) is 18.5. The van der Waals surface area contributed by atoms with Crippen molar-refractivity contribution in [2.45, 2.75) is 6.92 Å². The molecule has 0 spiro atoms. The molecule has 0 aromatic heterocycles. The summed E-state index contributed by atoms with van der Waals surface area (Å²) in [4.78, 5) is 14.0. The number of amides is 2. The van der Waals surface area contributed by atoms with Crippen molar-refractivity contribution in [3.63, 3.8) is 0 Å². The van der Waals surface area contributed by atoms with E-state index in [1.807, 2.05) is 19.1 Å². The van der Waals surface area contributed by atoms with Crippen molar-refractivity contribution in [1.82, 2.24) is 4.90 Å². The highest BCUT2D eigenvalue weighted by Gasteiger charge is 2.34.